The molecule has 0 heterocycles. The molecule has 0 aliphatic carbocycles. The standard InChI is InChI=1S/C14H21FN2O2/c1-9(2)14(19)17-7-6-16-10(3)12-5-4-11(15)8-13(12)18/h4-5,8-10,16,18H,6-7H2,1-3H3,(H,17,19). The van der Waals surface area contributed by atoms with Crippen molar-refractivity contribution < 1.29 is 14.3 Å². The van der Waals surface area contributed by atoms with Crippen LogP contribution in [0.4, 0.5) is 4.39 Å². The number of phenols is 1. The van der Waals surface area contributed by atoms with Crippen LogP contribution in [0.25, 0.3) is 0 Å². The van der Waals surface area contributed by atoms with E-state index >= 15 is 0 Å². The highest BCUT2D eigenvalue weighted by Gasteiger charge is 2.11. The van der Waals surface area contributed by atoms with Crippen LogP contribution in [0.15, 0.2) is 18.2 Å². The van der Waals surface area contributed by atoms with Crippen molar-refractivity contribution in [3.05, 3.63) is 29.6 Å². The highest BCUT2D eigenvalue weighted by atomic mass is 19.1. The second-order valence-corrected chi connectivity index (χ2v) is 4.82. The summed E-state index contributed by atoms with van der Waals surface area (Å²) in [5.74, 6) is -0.540. The number of halogens is 1. The minimum Gasteiger partial charge on any atom is -0.508 e. The van der Waals surface area contributed by atoms with Crippen LogP contribution in [-0.4, -0.2) is 24.1 Å². The predicted molar refractivity (Wildman–Crippen MR) is 72.3 cm³/mol. The van der Waals surface area contributed by atoms with Crippen molar-refractivity contribution in [3.63, 3.8) is 0 Å². The monoisotopic (exact) mass is 268 g/mol. The molecule has 106 valence electrons. The topological polar surface area (TPSA) is 61.4 Å². The molecule has 0 spiro atoms. The van der Waals surface area contributed by atoms with Crippen LogP contribution in [-0.2, 0) is 4.79 Å². The molecule has 0 bridgehead atoms. The van der Waals surface area contributed by atoms with Crippen molar-refractivity contribution in [1.82, 2.24) is 10.6 Å². The summed E-state index contributed by atoms with van der Waals surface area (Å²) in [6.45, 7) is 6.64. The number of carbonyl (C=O) groups excluding carboxylic acids is 1. The van der Waals surface area contributed by atoms with E-state index in [-0.39, 0.29) is 23.6 Å². The minimum absolute atomic E-state index is 0.0130. The number of carbonyl (C=O) groups is 1. The van der Waals surface area contributed by atoms with E-state index in [4.69, 9.17) is 0 Å². The highest BCUT2D eigenvalue weighted by molar-refractivity contribution is 5.77. The Hall–Kier alpha value is -1.62. The molecule has 1 unspecified atom stereocenters. The highest BCUT2D eigenvalue weighted by Crippen LogP contribution is 2.24. The van der Waals surface area contributed by atoms with Gasteiger partial charge in [0.2, 0.25) is 5.91 Å². The Morgan fingerprint density at radius 3 is 2.58 bits per heavy atom. The van der Waals surface area contributed by atoms with E-state index in [0.717, 1.165) is 6.07 Å². The molecule has 0 fully saturated rings. The number of aromatic hydroxyl groups is 1. The average molecular weight is 268 g/mol. The zero-order valence-corrected chi connectivity index (χ0v) is 11.5. The molecule has 0 saturated heterocycles. The first kappa shape index (κ1) is 15.4. The van der Waals surface area contributed by atoms with Gasteiger partial charge in [-0.05, 0) is 13.0 Å². The van der Waals surface area contributed by atoms with E-state index in [1.54, 1.807) is 6.07 Å². The average Bonchev–Trinajstić information content (AvgIpc) is 2.33. The zero-order chi connectivity index (χ0) is 14.4. The van der Waals surface area contributed by atoms with Crippen molar-refractivity contribution in [2.75, 3.05) is 13.1 Å². The van der Waals surface area contributed by atoms with Gasteiger partial charge in [-0.25, -0.2) is 4.39 Å². The lowest BCUT2D eigenvalue weighted by Crippen LogP contribution is -2.35. The van der Waals surface area contributed by atoms with Crippen LogP contribution in [0.3, 0.4) is 0 Å². The van der Waals surface area contributed by atoms with E-state index in [1.165, 1.54) is 6.07 Å². The van der Waals surface area contributed by atoms with Crippen LogP contribution < -0.4 is 10.6 Å². The fraction of sp³-hybridized carbons (Fsp3) is 0.500. The number of hydrogen-bond acceptors (Lipinski definition) is 3. The molecule has 4 nitrogen and oxygen atoms in total. The second-order valence-electron chi connectivity index (χ2n) is 4.82. The Bertz CT molecular complexity index is 435. The molecule has 0 radical (unpaired) electrons. The van der Waals surface area contributed by atoms with E-state index in [0.29, 0.717) is 18.7 Å². The quantitative estimate of drug-likeness (QED) is 0.691. The summed E-state index contributed by atoms with van der Waals surface area (Å²) in [4.78, 5) is 11.3. The van der Waals surface area contributed by atoms with Gasteiger partial charge < -0.3 is 15.7 Å². The maximum absolute atomic E-state index is 12.9. The van der Waals surface area contributed by atoms with Crippen molar-refractivity contribution in [1.29, 1.82) is 0 Å². The van der Waals surface area contributed by atoms with Crippen LogP contribution >= 0.6 is 0 Å². The molecule has 5 heteroatoms. The molecule has 1 aromatic rings. The van der Waals surface area contributed by atoms with Gasteiger partial charge >= 0.3 is 0 Å². The molecule has 19 heavy (non-hydrogen) atoms. The van der Waals surface area contributed by atoms with Crippen LogP contribution in [0.5, 0.6) is 5.75 Å². The Morgan fingerprint density at radius 1 is 1.32 bits per heavy atom. The molecule has 1 rings (SSSR count). The molecule has 0 aliphatic heterocycles. The summed E-state index contributed by atoms with van der Waals surface area (Å²) in [6.07, 6.45) is 0. The lowest BCUT2D eigenvalue weighted by atomic mass is 10.1. The normalized spacial score (nSPS) is 12.5. The summed E-state index contributed by atoms with van der Waals surface area (Å²) >= 11 is 0. The molecule has 1 aromatic carbocycles. The molecule has 1 atom stereocenters. The van der Waals surface area contributed by atoms with Crippen molar-refractivity contribution in [3.8, 4) is 5.75 Å². The lowest BCUT2D eigenvalue weighted by molar-refractivity contribution is -0.123. The van der Waals surface area contributed by atoms with Crippen LogP contribution in [0, 0.1) is 11.7 Å². The first-order valence-corrected chi connectivity index (χ1v) is 6.41. The maximum Gasteiger partial charge on any atom is 0.222 e. The van der Waals surface area contributed by atoms with Gasteiger partial charge in [-0.3, -0.25) is 4.79 Å². The number of hydrogen-bond donors (Lipinski definition) is 3. The fourth-order valence-corrected chi connectivity index (χ4v) is 1.67. The number of nitrogens with one attached hydrogen (secondary N) is 2. The van der Waals surface area contributed by atoms with Crippen molar-refractivity contribution in [2.24, 2.45) is 5.92 Å². The summed E-state index contributed by atoms with van der Waals surface area (Å²) in [5.41, 5.74) is 0.636. The summed E-state index contributed by atoms with van der Waals surface area (Å²) in [7, 11) is 0. The van der Waals surface area contributed by atoms with Gasteiger partial charge in [0.25, 0.3) is 0 Å². The number of rotatable bonds is 6. The van der Waals surface area contributed by atoms with Gasteiger partial charge in [0.15, 0.2) is 0 Å². The number of amides is 1. The van der Waals surface area contributed by atoms with Gasteiger partial charge in [0, 0.05) is 36.7 Å². The first-order valence-electron chi connectivity index (χ1n) is 6.41. The minimum atomic E-state index is -0.461. The van der Waals surface area contributed by atoms with Crippen LogP contribution in [0.1, 0.15) is 32.4 Å². The van der Waals surface area contributed by atoms with E-state index < -0.39 is 5.82 Å². The van der Waals surface area contributed by atoms with Gasteiger partial charge in [-0.2, -0.15) is 0 Å². The van der Waals surface area contributed by atoms with E-state index in [1.807, 2.05) is 20.8 Å². The number of phenolic OH excluding ortho intramolecular Hbond substituents is 1. The molecule has 3 N–H and O–H groups in total. The lowest BCUT2D eigenvalue weighted by Gasteiger charge is -2.16. The zero-order valence-electron chi connectivity index (χ0n) is 11.5. The van der Waals surface area contributed by atoms with Gasteiger partial charge in [0.05, 0.1) is 0 Å². The molecule has 0 saturated carbocycles. The third kappa shape index (κ3) is 4.87. The van der Waals surface area contributed by atoms with E-state index in [9.17, 15) is 14.3 Å². The Morgan fingerprint density at radius 2 is 2.00 bits per heavy atom. The Kier molecular flexibility index (Phi) is 5.76. The summed E-state index contributed by atoms with van der Waals surface area (Å²) in [5, 5.41) is 15.6. The Balaban J connectivity index is 2.39. The van der Waals surface area contributed by atoms with E-state index in [2.05, 4.69) is 10.6 Å². The molecular formula is C14H21FN2O2. The van der Waals surface area contributed by atoms with Crippen molar-refractivity contribution in [2.45, 2.75) is 26.8 Å². The Labute approximate surface area is 113 Å². The molecule has 0 aliphatic rings. The predicted octanol–water partition coefficient (Wildman–Crippen LogP) is 1.95. The fourth-order valence-electron chi connectivity index (χ4n) is 1.67. The van der Waals surface area contributed by atoms with Gasteiger partial charge in [-0.1, -0.05) is 19.9 Å². The molecular weight excluding hydrogens is 247 g/mol. The summed E-state index contributed by atoms with van der Waals surface area (Å²) in [6, 6.07) is 3.84. The molecule has 1 amide bonds. The third-order valence-corrected chi connectivity index (χ3v) is 2.86. The van der Waals surface area contributed by atoms with Gasteiger partial charge in [0.1, 0.15) is 11.6 Å². The SMILES string of the molecule is CC(C)C(=O)NCCNC(C)c1ccc(F)cc1O. The first-order chi connectivity index (χ1) is 8.91. The largest absolute Gasteiger partial charge is 0.508 e. The van der Waals surface area contributed by atoms with Gasteiger partial charge in [-0.15, -0.1) is 0 Å². The number of benzene rings is 1. The maximum atomic E-state index is 12.9. The third-order valence-electron chi connectivity index (χ3n) is 2.86. The van der Waals surface area contributed by atoms with Crippen LogP contribution in [0.2, 0.25) is 0 Å². The molecule has 0 aromatic heterocycles. The van der Waals surface area contributed by atoms with Crippen molar-refractivity contribution >= 4 is 5.91 Å². The second kappa shape index (κ2) is 7.09. The smallest absolute Gasteiger partial charge is 0.222 e. The summed E-state index contributed by atoms with van der Waals surface area (Å²) < 4.78 is 12.9.